The second kappa shape index (κ2) is 8.96. The molecule has 0 aliphatic rings. The number of rotatable bonds is 6. The van der Waals surface area contributed by atoms with Crippen molar-refractivity contribution in [2.45, 2.75) is 6.04 Å². The molecule has 0 aromatic heterocycles. The number of ketones is 1. The van der Waals surface area contributed by atoms with E-state index >= 15 is 0 Å². The Morgan fingerprint density at radius 1 is 1.11 bits per heavy atom. The van der Waals surface area contributed by atoms with Gasteiger partial charge in [0.15, 0.2) is 0 Å². The van der Waals surface area contributed by atoms with Gasteiger partial charge in [-0.05, 0) is 5.92 Å². The molecule has 19 heavy (non-hydrogen) atoms. The molecule has 104 valence electrons. The van der Waals surface area contributed by atoms with Gasteiger partial charge in [0.05, 0.1) is 19.1 Å². The van der Waals surface area contributed by atoms with E-state index in [9.17, 15) is 19.2 Å². The second-order valence-electron chi connectivity index (χ2n) is 3.32. The maximum Gasteiger partial charge on any atom is 0.293 e. The molecule has 0 rings (SSSR count). The molecule has 0 saturated carbocycles. The Hall–Kier alpha value is -2.05. The van der Waals surface area contributed by atoms with Gasteiger partial charge in [0.1, 0.15) is 0 Å². The molecule has 1 atom stereocenters. The molecule has 1 unspecified atom stereocenters. The molecule has 0 radical (unpaired) electrons. The smallest absolute Gasteiger partial charge is 0.293 e. The highest BCUT2D eigenvalue weighted by Crippen LogP contribution is 1.82. The fourth-order valence-electron chi connectivity index (χ4n) is 0.798. The number of primary amides is 1. The standard InChI is InChI=1S/C10H14N4O4S/c11-7(5-19)10(18)14-4-9(17)13-3-6(15)1-2-8(12)16/h7,19H,3-5,11H2,(H2,12,16)(H,13,17)(H,14,18). The minimum atomic E-state index is -0.937. The molecular weight excluding hydrogens is 272 g/mol. The van der Waals surface area contributed by atoms with Crippen molar-refractivity contribution in [3.63, 3.8) is 0 Å². The number of carbonyl (C=O) groups is 4. The average molecular weight is 286 g/mol. The Kier molecular flexibility index (Phi) is 7.99. The Morgan fingerprint density at radius 3 is 2.26 bits per heavy atom. The van der Waals surface area contributed by atoms with Gasteiger partial charge in [-0.25, -0.2) is 0 Å². The lowest BCUT2D eigenvalue weighted by atomic mass is 10.3. The van der Waals surface area contributed by atoms with Crippen molar-refractivity contribution in [2.24, 2.45) is 11.5 Å². The van der Waals surface area contributed by atoms with Crippen molar-refractivity contribution < 1.29 is 19.2 Å². The third-order valence-corrected chi connectivity index (χ3v) is 2.12. The molecule has 0 aliphatic heterocycles. The number of hydrogen-bond donors (Lipinski definition) is 5. The quantitative estimate of drug-likeness (QED) is 0.196. The predicted octanol–water partition coefficient (Wildman–Crippen LogP) is -3.47. The summed E-state index contributed by atoms with van der Waals surface area (Å²) in [5.74, 6) is 1.19. The summed E-state index contributed by atoms with van der Waals surface area (Å²) < 4.78 is 0. The van der Waals surface area contributed by atoms with Gasteiger partial charge in [-0.15, -0.1) is 0 Å². The van der Waals surface area contributed by atoms with Crippen LogP contribution in [0.5, 0.6) is 0 Å². The van der Waals surface area contributed by atoms with Gasteiger partial charge in [-0.3, -0.25) is 19.2 Å². The monoisotopic (exact) mass is 286 g/mol. The zero-order valence-corrected chi connectivity index (χ0v) is 10.8. The maximum atomic E-state index is 11.2. The van der Waals surface area contributed by atoms with E-state index in [-0.39, 0.29) is 18.8 Å². The van der Waals surface area contributed by atoms with Crippen LogP contribution in [-0.4, -0.2) is 48.4 Å². The van der Waals surface area contributed by atoms with Gasteiger partial charge in [0.25, 0.3) is 5.91 Å². The summed E-state index contributed by atoms with van der Waals surface area (Å²) in [4.78, 5) is 43.7. The van der Waals surface area contributed by atoms with Crippen LogP contribution in [0.1, 0.15) is 0 Å². The van der Waals surface area contributed by atoms with E-state index in [0.29, 0.717) is 0 Å². The van der Waals surface area contributed by atoms with Crippen LogP contribution in [-0.2, 0) is 19.2 Å². The van der Waals surface area contributed by atoms with E-state index in [1.54, 1.807) is 0 Å². The lowest BCUT2D eigenvalue weighted by Crippen LogP contribution is -2.46. The Bertz CT molecular complexity index is 441. The summed E-state index contributed by atoms with van der Waals surface area (Å²) in [6.07, 6.45) is 0. The van der Waals surface area contributed by atoms with E-state index in [0.717, 1.165) is 0 Å². The minimum absolute atomic E-state index is 0.147. The number of carbonyl (C=O) groups excluding carboxylic acids is 4. The van der Waals surface area contributed by atoms with Crippen LogP contribution in [0.25, 0.3) is 0 Å². The maximum absolute atomic E-state index is 11.2. The van der Waals surface area contributed by atoms with E-state index < -0.39 is 29.5 Å². The second-order valence-corrected chi connectivity index (χ2v) is 3.69. The first-order valence-corrected chi connectivity index (χ1v) is 5.75. The highest BCUT2D eigenvalue weighted by Gasteiger charge is 2.12. The molecule has 0 aromatic carbocycles. The summed E-state index contributed by atoms with van der Waals surface area (Å²) in [7, 11) is 0. The van der Waals surface area contributed by atoms with Crippen molar-refractivity contribution in [1.82, 2.24) is 10.6 Å². The lowest BCUT2D eigenvalue weighted by molar-refractivity contribution is -0.127. The first kappa shape index (κ1) is 16.9. The van der Waals surface area contributed by atoms with Crippen molar-refractivity contribution >= 4 is 36.1 Å². The van der Waals surface area contributed by atoms with Crippen molar-refractivity contribution in [3.05, 3.63) is 0 Å². The molecule has 8 nitrogen and oxygen atoms in total. The van der Waals surface area contributed by atoms with Gasteiger partial charge in [-0.2, -0.15) is 12.6 Å². The van der Waals surface area contributed by atoms with E-state index in [4.69, 9.17) is 11.5 Å². The van der Waals surface area contributed by atoms with Gasteiger partial charge < -0.3 is 22.1 Å². The molecule has 6 N–H and O–H groups in total. The summed E-state index contributed by atoms with van der Waals surface area (Å²) in [5, 5.41) is 4.46. The summed E-state index contributed by atoms with van der Waals surface area (Å²) in [5.41, 5.74) is 10.1. The van der Waals surface area contributed by atoms with Crippen LogP contribution in [0.4, 0.5) is 0 Å². The summed E-state index contributed by atoms with van der Waals surface area (Å²) in [6, 6.07) is -0.806. The van der Waals surface area contributed by atoms with Crippen LogP contribution in [0.3, 0.4) is 0 Å². The summed E-state index contributed by atoms with van der Waals surface area (Å²) in [6.45, 7) is -0.704. The third kappa shape index (κ3) is 8.64. The normalized spacial score (nSPS) is 10.6. The zero-order valence-electron chi connectivity index (χ0n) is 9.93. The molecular formula is C10H14N4O4S. The Balaban J connectivity index is 3.95. The molecule has 0 heterocycles. The molecule has 0 fully saturated rings. The molecule has 0 aromatic rings. The predicted molar refractivity (Wildman–Crippen MR) is 69.8 cm³/mol. The van der Waals surface area contributed by atoms with Crippen molar-refractivity contribution in [3.8, 4) is 11.8 Å². The van der Waals surface area contributed by atoms with Crippen LogP contribution < -0.4 is 22.1 Å². The topological polar surface area (TPSA) is 144 Å². The SMILES string of the molecule is NC(=O)C#CC(=O)CNC(=O)CNC(=O)C(N)CS. The van der Waals surface area contributed by atoms with Crippen LogP contribution in [0.15, 0.2) is 0 Å². The third-order valence-electron chi connectivity index (χ3n) is 1.73. The lowest BCUT2D eigenvalue weighted by Gasteiger charge is -2.09. The molecule has 9 heteroatoms. The number of amides is 3. The average Bonchev–Trinajstić information content (AvgIpc) is 2.38. The first-order valence-electron chi connectivity index (χ1n) is 5.12. The molecule has 3 amide bonds. The Labute approximate surface area is 115 Å². The minimum Gasteiger partial charge on any atom is -0.359 e. The zero-order chi connectivity index (χ0) is 14.8. The Morgan fingerprint density at radius 2 is 1.74 bits per heavy atom. The molecule has 0 saturated heterocycles. The van der Waals surface area contributed by atoms with E-state index in [1.165, 1.54) is 0 Å². The number of thiol groups is 1. The highest BCUT2D eigenvalue weighted by atomic mass is 32.1. The largest absolute Gasteiger partial charge is 0.359 e. The van der Waals surface area contributed by atoms with Crippen molar-refractivity contribution in [2.75, 3.05) is 18.8 Å². The summed E-state index contributed by atoms with van der Waals surface area (Å²) >= 11 is 3.82. The number of Topliss-reactive ketones (excluding diaryl/α,β-unsaturated/α-hetero) is 1. The number of nitrogens with one attached hydrogen (secondary N) is 2. The number of nitrogens with two attached hydrogens (primary N) is 2. The molecule has 0 bridgehead atoms. The first-order chi connectivity index (χ1) is 8.86. The fraction of sp³-hybridized carbons (Fsp3) is 0.400. The number of hydrogen-bond acceptors (Lipinski definition) is 6. The fourth-order valence-corrected chi connectivity index (χ4v) is 0.964. The van der Waals surface area contributed by atoms with Gasteiger partial charge in [-0.1, -0.05) is 0 Å². The van der Waals surface area contributed by atoms with Gasteiger partial charge in [0.2, 0.25) is 17.6 Å². The van der Waals surface area contributed by atoms with Crippen LogP contribution >= 0.6 is 12.6 Å². The van der Waals surface area contributed by atoms with Crippen LogP contribution in [0.2, 0.25) is 0 Å². The van der Waals surface area contributed by atoms with Gasteiger partial charge >= 0.3 is 0 Å². The van der Waals surface area contributed by atoms with Gasteiger partial charge in [0, 0.05) is 11.7 Å². The highest BCUT2D eigenvalue weighted by molar-refractivity contribution is 7.80. The molecule has 0 spiro atoms. The van der Waals surface area contributed by atoms with Crippen LogP contribution in [0, 0.1) is 11.8 Å². The van der Waals surface area contributed by atoms with E-state index in [1.807, 2.05) is 11.8 Å². The molecule has 0 aliphatic carbocycles. The van der Waals surface area contributed by atoms with E-state index in [2.05, 4.69) is 23.3 Å². The van der Waals surface area contributed by atoms with Crippen molar-refractivity contribution in [1.29, 1.82) is 0 Å².